The third kappa shape index (κ3) is 2.46. The lowest BCUT2D eigenvalue weighted by Gasteiger charge is -2.03. The second-order valence-electron chi connectivity index (χ2n) is 2.25. The van der Waals surface area contributed by atoms with Crippen molar-refractivity contribution in [3.63, 3.8) is 0 Å². The van der Waals surface area contributed by atoms with Gasteiger partial charge >= 0.3 is 0 Å². The highest BCUT2D eigenvalue weighted by molar-refractivity contribution is 5.38. The van der Waals surface area contributed by atoms with Crippen LogP contribution in [0.2, 0.25) is 0 Å². The van der Waals surface area contributed by atoms with Gasteiger partial charge in [-0.15, -0.1) is 0 Å². The molecule has 0 radical (unpaired) electrons. The molecular weight excluding hydrogens is 184 g/mol. The van der Waals surface area contributed by atoms with Gasteiger partial charge in [0.15, 0.2) is 0 Å². The summed E-state index contributed by atoms with van der Waals surface area (Å²) < 4.78 is 0. The van der Waals surface area contributed by atoms with Crippen molar-refractivity contribution in [2.24, 2.45) is 5.11 Å². The second kappa shape index (κ2) is 4.83. The van der Waals surface area contributed by atoms with E-state index in [9.17, 15) is 0 Å². The van der Waals surface area contributed by atoms with Gasteiger partial charge in [-0.3, -0.25) is 0 Å². The van der Waals surface area contributed by atoms with Crippen LogP contribution >= 0.6 is 0 Å². The van der Waals surface area contributed by atoms with Gasteiger partial charge < -0.3 is 10.6 Å². The number of anilines is 2. The predicted molar refractivity (Wildman–Crippen MR) is 52.3 cm³/mol. The van der Waals surface area contributed by atoms with Crippen LogP contribution in [0, 0.1) is 0 Å². The third-order valence-electron chi connectivity index (χ3n) is 1.32. The summed E-state index contributed by atoms with van der Waals surface area (Å²) in [7, 11) is 1.67. The molecule has 1 heterocycles. The van der Waals surface area contributed by atoms with Crippen molar-refractivity contribution >= 4 is 17.8 Å². The Morgan fingerprint density at radius 3 is 2.64 bits per heavy atom. The number of hydrogen-bond acceptors (Lipinski definition) is 6. The molecule has 0 atom stereocenters. The lowest BCUT2D eigenvalue weighted by molar-refractivity contribution is 1.01. The molecule has 0 bridgehead atoms. The van der Waals surface area contributed by atoms with E-state index in [-0.39, 0.29) is 5.95 Å². The smallest absolute Gasteiger partial charge is 0.227 e. The molecule has 0 aliphatic carbocycles. The number of nitrogens with one attached hydrogen (secondary N) is 2. The summed E-state index contributed by atoms with van der Waals surface area (Å²) in [6, 6.07) is 0. The average Bonchev–Trinajstić information content (AvgIpc) is 2.18. The Bertz CT molecular complexity index is 355. The highest BCUT2D eigenvalue weighted by atomic mass is 15.3. The fourth-order valence-corrected chi connectivity index (χ4v) is 0.798. The van der Waals surface area contributed by atoms with Gasteiger partial charge in [0, 0.05) is 18.5 Å². The summed E-state index contributed by atoms with van der Waals surface area (Å²) in [5.74, 6) is 0.787. The number of azide groups is 1. The summed E-state index contributed by atoms with van der Waals surface area (Å²) in [6.45, 7) is 2.60. The van der Waals surface area contributed by atoms with Crippen LogP contribution in [-0.4, -0.2) is 28.5 Å². The molecule has 0 spiro atoms. The van der Waals surface area contributed by atoms with E-state index in [2.05, 4.69) is 35.6 Å². The van der Waals surface area contributed by atoms with E-state index in [1.165, 1.54) is 0 Å². The fourth-order valence-electron chi connectivity index (χ4n) is 0.798. The first-order valence-corrected chi connectivity index (χ1v) is 4.03. The topological polar surface area (TPSA) is 111 Å². The molecule has 0 saturated carbocycles. The summed E-state index contributed by atoms with van der Waals surface area (Å²) in [5.41, 5.74) is 8.22. The van der Waals surface area contributed by atoms with Gasteiger partial charge in [-0.05, 0) is 17.6 Å². The minimum Gasteiger partial charge on any atom is -0.357 e. The molecule has 0 fully saturated rings. The van der Waals surface area contributed by atoms with Crippen LogP contribution in [0.3, 0.4) is 0 Å². The van der Waals surface area contributed by atoms with Gasteiger partial charge in [0.2, 0.25) is 17.8 Å². The minimum atomic E-state index is 0.0443. The van der Waals surface area contributed by atoms with Crippen LogP contribution in [-0.2, 0) is 0 Å². The normalized spacial score (nSPS) is 9.00. The Hall–Kier alpha value is -2.08. The molecule has 2 N–H and O–H groups in total. The van der Waals surface area contributed by atoms with Crippen molar-refractivity contribution in [1.29, 1.82) is 0 Å². The largest absolute Gasteiger partial charge is 0.357 e. The van der Waals surface area contributed by atoms with Crippen LogP contribution in [0.4, 0.5) is 17.8 Å². The van der Waals surface area contributed by atoms with Crippen LogP contribution < -0.4 is 10.6 Å². The monoisotopic (exact) mass is 194 g/mol. The summed E-state index contributed by atoms with van der Waals surface area (Å²) in [6.07, 6.45) is 0. The SMILES string of the molecule is CCNc1nc(N=[N+]=[N-])nc(NC)n1. The Kier molecular flexibility index (Phi) is 3.45. The molecule has 0 aliphatic heterocycles. The van der Waals surface area contributed by atoms with Gasteiger partial charge in [-0.2, -0.15) is 15.0 Å². The third-order valence-corrected chi connectivity index (χ3v) is 1.32. The van der Waals surface area contributed by atoms with Crippen LogP contribution in [0.15, 0.2) is 5.11 Å². The van der Waals surface area contributed by atoms with Gasteiger partial charge in [0.1, 0.15) is 0 Å². The van der Waals surface area contributed by atoms with Crippen molar-refractivity contribution in [3.8, 4) is 0 Å². The minimum absolute atomic E-state index is 0.0443. The molecule has 8 nitrogen and oxygen atoms in total. The molecule has 1 aromatic rings. The molecule has 0 aromatic carbocycles. The Morgan fingerprint density at radius 1 is 1.36 bits per heavy atom. The van der Waals surface area contributed by atoms with E-state index < -0.39 is 0 Å². The number of aromatic nitrogens is 3. The van der Waals surface area contributed by atoms with Crippen LogP contribution in [0.1, 0.15) is 6.92 Å². The average molecular weight is 194 g/mol. The van der Waals surface area contributed by atoms with Gasteiger partial charge in [0.05, 0.1) is 0 Å². The molecule has 8 heteroatoms. The molecule has 74 valence electrons. The quantitative estimate of drug-likeness (QED) is 0.426. The highest BCUT2D eigenvalue weighted by Gasteiger charge is 2.02. The van der Waals surface area contributed by atoms with Crippen molar-refractivity contribution < 1.29 is 0 Å². The van der Waals surface area contributed by atoms with E-state index >= 15 is 0 Å². The van der Waals surface area contributed by atoms with Crippen molar-refractivity contribution in [1.82, 2.24) is 15.0 Å². The maximum absolute atomic E-state index is 8.22. The zero-order chi connectivity index (χ0) is 10.4. The molecular formula is C6H10N8. The first-order valence-electron chi connectivity index (χ1n) is 4.03. The standard InChI is InChI=1S/C6H10N8/c1-3-9-5-10-4(8-2)11-6(12-5)13-14-7/h3H2,1-2H3,(H2,8,9,10,11,12). The number of nitrogens with zero attached hydrogens (tertiary/aromatic N) is 6. The fraction of sp³-hybridized carbons (Fsp3) is 0.500. The summed E-state index contributed by atoms with van der Waals surface area (Å²) in [5, 5.41) is 8.93. The van der Waals surface area contributed by atoms with Crippen LogP contribution in [0.25, 0.3) is 10.4 Å². The molecule has 0 amide bonds. The summed E-state index contributed by atoms with van der Waals surface area (Å²) in [4.78, 5) is 14.3. The van der Waals surface area contributed by atoms with Gasteiger partial charge in [-0.25, -0.2) is 0 Å². The van der Waals surface area contributed by atoms with E-state index in [0.29, 0.717) is 18.4 Å². The molecule has 0 aliphatic rings. The maximum Gasteiger partial charge on any atom is 0.227 e. The van der Waals surface area contributed by atoms with Crippen molar-refractivity contribution in [2.45, 2.75) is 6.92 Å². The highest BCUT2D eigenvalue weighted by Crippen LogP contribution is 2.10. The van der Waals surface area contributed by atoms with Crippen molar-refractivity contribution in [3.05, 3.63) is 10.4 Å². The Balaban J connectivity index is 3.06. The van der Waals surface area contributed by atoms with Crippen LogP contribution in [0.5, 0.6) is 0 Å². The van der Waals surface area contributed by atoms with E-state index in [1.807, 2.05) is 6.92 Å². The molecule has 1 rings (SSSR count). The number of hydrogen-bond donors (Lipinski definition) is 2. The maximum atomic E-state index is 8.22. The predicted octanol–water partition coefficient (Wildman–Crippen LogP) is 1.29. The van der Waals surface area contributed by atoms with Gasteiger partial charge in [-0.1, -0.05) is 0 Å². The Morgan fingerprint density at radius 2 is 2.07 bits per heavy atom. The van der Waals surface area contributed by atoms with Crippen molar-refractivity contribution in [2.75, 3.05) is 24.2 Å². The molecule has 1 aromatic heterocycles. The first-order chi connectivity index (χ1) is 6.80. The zero-order valence-electron chi connectivity index (χ0n) is 7.89. The Labute approximate surface area is 80.4 Å². The molecule has 0 saturated heterocycles. The zero-order valence-corrected chi connectivity index (χ0v) is 7.89. The molecule has 14 heavy (non-hydrogen) atoms. The lowest BCUT2D eigenvalue weighted by Crippen LogP contribution is -2.05. The van der Waals surface area contributed by atoms with Gasteiger partial charge in [0.25, 0.3) is 0 Å². The van der Waals surface area contributed by atoms with E-state index in [4.69, 9.17) is 5.53 Å². The lowest BCUT2D eigenvalue weighted by atomic mass is 10.7. The number of rotatable bonds is 4. The summed E-state index contributed by atoms with van der Waals surface area (Å²) >= 11 is 0. The van der Waals surface area contributed by atoms with E-state index in [0.717, 1.165) is 0 Å². The second-order valence-corrected chi connectivity index (χ2v) is 2.25. The molecule has 0 unspecified atom stereocenters. The first kappa shape index (κ1) is 10.0. The van der Waals surface area contributed by atoms with E-state index in [1.54, 1.807) is 7.05 Å².